The molecular formula is C27H36N2O3S. The van der Waals surface area contributed by atoms with Crippen LogP contribution in [-0.4, -0.2) is 38.0 Å². The van der Waals surface area contributed by atoms with Gasteiger partial charge in [0.1, 0.15) is 0 Å². The Bertz CT molecular complexity index is 983. The Morgan fingerprint density at radius 3 is 2.30 bits per heavy atom. The van der Waals surface area contributed by atoms with Crippen molar-refractivity contribution in [3.63, 3.8) is 0 Å². The summed E-state index contributed by atoms with van der Waals surface area (Å²) >= 11 is 5.26. The van der Waals surface area contributed by atoms with Crippen LogP contribution in [0.15, 0.2) is 42.5 Å². The SMILES string of the molecule is COCCNC(=S)Nc1ccc(CCOC(=O)c2ccc3c(c2)C(C)(C)CCC3(C)C)cc1. The molecule has 0 amide bonds. The number of rotatable bonds is 8. The first-order valence-corrected chi connectivity index (χ1v) is 12.0. The van der Waals surface area contributed by atoms with Crippen molar-refractivity contribution in [3.8, 4) is 0 Å². The molecular weight excluding hydrogens is 432 g/mol. The van der Waals surface area contributed by atoms with Crippen LogP contribution in [0.25, 0.3) is 0 Å². The number of benzene rings is 2. The standard InChI is InChI=1S/C27H36N2O3S/c1-26(2)13-14-27(3,4)23-18-20(8-11-22(23)26)24(30)32-16-12-19-6-9-21(10-7-19)29-25(33)28-15-17-31-5/h6-11,18H,12-17H2,1-5H3,(H2,28,29,33). The molecule has 2 N–H and O–H groups in total. The maximum atomic E-state index is 12.7. The summed E-state index contributed by atoms with van der Waals surface area (Å²) in [5.41, 5.74) is 5.46. The molecule has 3 rings (SSSR count). The Balaban J connectivity index is 1.53. The lowest BCUT2D eigenvalue weighted by molar-refractivity contribution is 0.0509. The van der Waals surface area contributed by atoms with Crippen LogP contribution in [0, 0.1) is 0 Å². The van der Waals surface area contributed by atoms with E-state index in [0.29, 0.717) is 36.9 Å². The highest BCUT2D eigenvalue weighted by atomic mass is 32.1. The third kappa shape index (κ3) is 6.55. The molecule has 0 aromatic heterocycles. The van der Waals surface area contributed by atoms with Gasteiger partial charge < -0.3 is 20.1 Å². The molecule has 2 aromatic rings. The van der Waals surface area contributed by atoms with Crippen LogP contribution in [-0.2, 0) is 26.7 Å². The fraction of sp³-hybridized carbons (Fsp3) is 0.481. The van der Waals surface area contributed by atoms with E-state index >= 15 is 0 Å². The molecule has 2 aromatic carbocycles. The van der Waals surface area contributed by atoms with Crippen LogP contribution in [0.2, 0.25) is 0 Å². The quantitative estimate of drug-likeness (QED) is 0.309. The normalized spacial score (nSPS) is 15.9. The molecule has 0 heterocycles. The summed E-state index contributed by atoms with van der Waals surface area (Å²) < 4.78 is 10.6. The van der Waals surface area contributed by atoms with E-state index in [1.54, 1.807) is 7.11 Å². The number of carbonyl (C=O) groups excluding carboxylic acids is 1. The van der Waals surface area contributed by atoms with Gasteiger partial charge >= 0.3 is 5.97 Å². The molecule has 0 bridgehead atoms. The van der Waals surface area contributed by atoms with E-state index in [2.05, 4.69) is 44.4 Å². The van der Waals surface area contributed by atoms with Gasteiger partial charge in [-0.3, -0.25) is 0 Å². The number of hydrogen-bond acceptors (Lipinski definition) is 4. The predicted octanol–water partition coefficient (Wildman–Crippen LogP) is 5.37. The molecule has 0 saturated heterocycles. The number of ether oxygens (including phenoxy) is 2. The molecule has 1 aliphatic rings. The highest BCUT2D eigenvalue weighted by Gasteiger charge is 2.37. The van der Waals surface area contributed by atoms with E-state index in [1.807, 2.05) is 36.4 Å². The lowest BCUT2D eigenvalue weighted by atomic mass is 9.63. The molecule has 0 atom stereocenters. The third-order valence-electron chi connectivity index (χ3n) is 6.52. The Labute approximate surface area is 203 Å². The number of nitrogens with one attached hydrogen (secondary N) is 2. The second-order valence-electron chi connectivity index (χ2n) is 9.98. The molecule has 0 fully saturated rings. The van der Waals surface area contributed by atoms with Gasteiger partial charge in [-0.1, -0.05) is 45.9 Å². The van der Waals surface area contributed by atoms with E-state index in [9.17, 15) is 4.79 Å². The summed E-state index contributed by atoms with van der Waals surface area (Å²) in [5.74, 6) is -0.261. The minimum atomic E-state index is -0.261. The highest BCUT2D eigenvalue weighted by Crippen LogP contribution is 2.45. The van der Waals surface area contributed by atoms with Crippen LogP contribution in [0.5, 0.6) is 0 Å². The largest absolute Gasteiger partial charge is 0.462 e. The van der Waals surface area contributed by atoms with Crippen molar-refractivity contribution < 1.29 is 14.3 Å². The monoisotopic (exact) mass is 468 g/mol. The molecule has 5 nitrogen and oxygen atoms in total. The lowest BCUT2D eigenvalue weighted by Gasteiger charge is -2.41. The van der Waals surface area contributed by atoms with Crippen molar-refractivity contribution >= 4 is 29.0 Å². The second kappa shape index (κ2) is 10.7. The fourth-order valence-corrected chi connectivity index (χ4v) is 4.48. The molecule has 0 aliphatic heterocycles. The molecule has 0 radical (unpaired) electrons. The first-order valence-electron chi connectivity index (χ1n) is 11.6. The Morgan fingerprint density at radius 1 is 0.970 bits per heavy atom. The first kappa shape index (κ1) is 25.2. The Hall–Kier alpha value is -2.44. The second-order valence-corrected chi connectivity index (χ2v) is 10.4. The van der Waals surface area contributed by atoms with Crippen LogP contribution in [0.3, 0.4) is 0 Å². The highest BCUT2D eigenvalue weighted by molar-refractivity contribution is 7.80. The van der Waals surface area contributed by atoms with Crippen LogP contribution in [0.1, 0.15) is 67.6 Å². The Kier molecular flexibility index (Phi) is 8.14. The van der Waals surface area contributed by atoms with Crippen molar-refractivity contribution in [2.45, 2.75) is 57.8 Å². The minimum absolute atomic E-state index is 0.0680. The van der Waals surface area contributed by atoms with E-state index < -0.39 is 0 Å². The zero-order chi connectivity index (χ0) is 24.1. The van der Waals surface area contributed by atoms with E-state index in [-0.39, 0.29) is 16.8 Å². The molecule has 178 valence electrons. The van der Waals surface area contributed by atoms with Crippen molar-refractivity contribution in [1.82, 2.24) is 5.32 Å². The van der Waals surface area contributed by atoms with Gasteiger partial charge in [0.2, 0.25) is 0 Å². The zero-order valence-electron chi connectivity index (χ0n) is 20.4. The molecule has 6 heteroatoms. The molecule has 0 spiro atoms. The van der Waals surface area contributed by atoms with Crippen molar-refractivity contribution in [1.29, 1.82) is 0 Å². The summed E-state index contributed by atoms with van der Waals surface area (Å²) in [4.78, 5) is 12.7. The maximum absolute atomic E-state index is 12.7. The number of hydrogen-bond donors (Lipinski definition) is 2. The van der Waals surface area contributed by atoms with E-state index in [1.165, 1.54) is 11.1 Å². The summed E-state index contributed by atoms with van der Waals surface area (Å²) in [6.07, 6.45) is 2.93. The van der Waals surface area contributed by atoms with Gasteiger partial charge in [0.15, 0.2) is 5.11 Å². The topological polar surface area (TPSA) is 59.6 Å². The van der Waals surface area contributed by atoms with Crippen molar-refractivity contribution in [2.75, 3.05) is 32.2 Å². The van der Waals surface area contributed by atoms with E-state index in [4.69, 9.17) is 21.7 Å². The van der Waals surface area contributed by atoms with Crippen LogP contribution >= 0.6 is 12.2 Å². The maximum Gasteiger partial charge on any atom is 0.338 e. The molecule has 0 unspecified atom stereocenters. The van der Waals surface area contributed by atoms with Crippen molar-refractivity contribution in [3.05, 3.63) is 64.7 Å². The molecule has 0 saturated carbocycles. The number of fused-ring (bicyclic) bond motifs is 1. The van der Waals surface area contributed by atoms with Gasteiger partial charge in [-0.15, -0.1) is 0 Å². The summed E-state index contributed by atoms with van der Waals surface area (Å²) in [5, 5.41) is 6.78. The Morgan fingerprint density at radius 2 is 1.64 bits per heavy atom. The van der Waals surface area contributed by atoms with Gasteiger partial charge in [-0.25, -0.2) is 4.79 Å². The van der Waals surface area contributed by atoms with Gasteiger partial charge in [0.25, 0.3) is 0 Å². The fourth-order valence-electron chi connectivity index (χ4n) is 4.26. The number of anilines is 1. The smallest absolute Gasteiger partial charge is 0.338 e. The van der Waals surface area contributed by atoms with Gasteiger partial charge in [0, 0.05) is 25.8 Å². The van der Waals surface area contributed by atoms with Crippen molar-refractivity contribution in [2.24, 2.45) is 0 Å². The summed E-state index contributed by atoms with van der Waals surface area (Å²) in [6.45, 7) is 10.7. The lowest BCUT2D eigenvalue weighted by Crippen LogP contribution is -2.34. The van der Waals surface area contributed by atoms with Crippen LogP contribution < -0.4 is 10.6 Å². The van der Waals surface area contributed by atoms with Crippen LogP contribution in [0.4, 0.5) is 5.69 Å². The predicted molar refractivity (Wildman–Crippen MR) is 138 cm³/mol. The number of methoxy groups -OCH3 is 1. The van der Waals surface area contributed by atoms with E-state index in [0.717, 1.165) is 24.1 Å². The average molecular weight is 469 g/mol. The third-order valence-corrected chi connectivity index (χ3v) is 6.76. The number of carbonyl (C=O) groups is 1. The number of thiocarbonyl (C=S) groups is 1. The summed E-state index contributed by atoms with van der Waals surface area (Å²) in [6, 6.07) is 14.0. The minimum Gasteiger partial charge on any atom is -0.462 e. The van der Waals surface area contributed by atoms with Gasteiger partial charge in [-0.05, 0) is 76.8 Å². The molecule has 33 heavy (non-hydrogen) atoms. The molecule has 1 aliphatic carbocycles. The average Bonchev–Trinajstić information content (AvgIpc) is 2.78. The van der Waals surface area contributed by atoms with Gasteiger partial charge in [0.05, 0.1) is 18.8 Å². The number of esters is 1. The summed E-state index contributed by atoms with van der Waals surface area (Å²) in [7, 11) is 1.66. The first-order chi connectivity index (χ1) is 15.6. The zero-order valence-corrected chi connectivity index (χ0v) is 21.2. The van der Waals surface area contributed by atoms with Gasteiger partial charge in [-0.2, -0.15) is 0 Å².